The predicted molar refractivity (Wildman–Crippen MR) is 68.4 cm³/mol. The fourth-order valence-corrected chi connectivity index (χ4v) is 1.82. The molecule has 0 unspecified atom stereocenters. The van der Waals surface area contributed by atoms with Gasteiger partial charge in [-0.2, -0.15) is 0 Å². The maximum Gasteiger partial charge on any atom is 0.305 e. The van der Waals surface area contributed by atoms with Crippen LogP contribution in [0.2, 0.25) is 0 Å². The molecule has 0 N–H and O–H groups in total. The van der Waals surface area contributed by atoms with Crippen molar-refractivity contribution >= 4 is 5.97 Å². The van der Waals surface area contributed by atoms with Crippen LogP contribution < -0.4 is 0 Å². The van der Waals surface area contributed by atoms with Crippen molar-refractivity contribution in [1.29, 1.82) is 0 Å². The van der Waals surface area contributed by atoms with Gasteiger partial charge < -0.3 is 4.74 Å². The van der Waals surface area contributed by atoms with Crippen LogP contribution in [0.5, 0.6) is 0 Å². The third-order valence-corrected chi connectivity index (χ3v) is 3.01. The van der Waals surface area contributed by atoms with Crippen LogP contribution in [-0.4, -0.2) is 12.6 Å². The molecule has 0 aromatic heterocycles. The second-order valence-electron chi connectivity index (χ2n) is 5.30. The Balaban J connectivity index is 3.53. The van der Waals surface area contributed by atoms with E-state index in [2.05, 4.69) is 20.8 Å². The molecule has 0 fully saturated rings. The minimum absolute atomic E-state index is 0.0798. The second-order valence-corrected chi connectivity index (χ2v) is 5.30. The summed E-state index contributed by atoms with van der Waals surface area (Å²) in [6.45, 7) is 9.27. The van der Waals surface area contributed by atoms with Crippen molar-refractivity contribution in [1.82, 2.24) is 0 Å². The zero-order valence-corrected chi connectivity index (χ0v) is 11.5. The number of esters is 1. The lowest BCUT2D eigenvalue weighted by atomic mass is 9.83. The third kappa shape index (κ3) is 8.75. The quantitative estimate of drug-likeness (QED) is 0.434. The Morgan fingerprint density at radius 1 is 1.06 bits per heavy atom. The standard InChI is InChI=1S/C14H28O2/c1-5-7-8-10-14(3,4)11-9-12-16-13(15)6-2/h5-12H2,1-4H3. The average molecular weight is 228 g/mol. The van der Waals surface area contributed by atoms with Crippen molar-refractivity contribution in [2.24, 2.45) is 5.41 Å². The van der Waals surface area contributed by atoms with Crippen LogP contribution in [0.15, 0.2) is 0 Å². The van der Waals surface area contributed by atoms with Crippen LogP contribution in [0.1, 0.15) is 72.6 Å². The van der Waals surface area contributed by atoms with Crippen LogP contribution in [0.3, 0.4) is 0 Å². The summed E-state index contributed by atoms with van der Waals surface area (Å²) in [5, 5.41) is 0. The van der Waals surface area contributed by atoms with Crippen molar-refractivity contribution < 1.29 is 9.53 Å². The average Bonchev–Trinajstić information content (AvgIpc) is 2.24. The van der Waals surface area contributed by atoms with Gasteiger partial charge in [-0.3, -0.25) is 4.79 Å². The second kappa shape index (κ2) is 8.60. The Morgan fingerprint density at radius 3 is 2.25 bits per heavy atom. The first-order valence-electron chi connectivity index (χ1n) is 6.67. The summed E-state index contributed by atoms with van der Waals surface area (Å²) in [6.07, 6.45) is 7.83. The topological polar surface area (TPSA) is 26.3 Å². The van der Waals surface area contributed by atoms with Crippen molar-refractivity contribution in [3.05, 3.63) is 0 Å². The molecule has 0 aromatic carbocycles. The molecule has 0 aliphatic heterocycles. The molecule has 0 spiro atoms. The van der Waals surface area contributed by atoms with Gasteiger partial charge in [-0.1, -0.05) is 47.0 Å². The summed E-state index contributed by atoms with van der Waals surface area (Å²) in [4.78, 5) is 10.9. The zero-order valence-electron chi connectivity index (χ0n) is 11.5. The van der Waals surface area contributed by atoms with Gasteiger partial charge in [0.15, 0.2) is 0 Å². The molecule has 0 amide bonds. The number of unbranched alkanes of at least 4 members (excludes halogenated alkanes) is 2. The monoisotopic (exact) mass is 228 g/mol. The van der Waals surface area contributed by atoms with E-state index < -0.39 is 0 Å². The summed E-state index contributed by atoms with van der Waals surface area (Å²) in [7, 11) is 0. The minimum Gasteiger partial charge on any atom is -0.466 e. The van der Waals surface area contributed by atoms with Crippen molar-refractivity contribution in [3.63, 3.8) is 0 Å². The molecule has 0 heterocycles. The van der Waals surface area contributed by atoms with Crippen LogP contribution in [-0.2, 0) is 9.53 Å². The lowest BCUT2D eigenvalue weighted by Crippen LogP contribution is -2.13. The summed E-state index contributed by atoms with van der Waals surface area (Å²) < 4.78 is 5.07. The molecule has 0 aliphatic rings. The molecular weight excluding hydrogens is 200 g/mol. The van der Waals surface area contributed by atoms with Gasteiger partial charge in [0.25, 0.3) is 0 Å². The lowest BCUT2D eigenvalue weighted by molar-refractivity contribution is -0.143. The zero-order chi connectivity index (χ0) is 12.4. The Bertz CT molecular complexity index is 185. The molecule has 0 aliphatic carbocycles. The highest BCUT2D eigenvalue weighted by Gasteiger charge is 2.16. The van der Waals surface area contributed by atoms with Crippen LogP contribution in [0.25, 0.3) is 0 Å². The molecule has 0 aromatic rings. The minimum atomic E-state index is -0.0798. The fraction of sp³-hybridized carbons (Fsp3) is 0.929. The fourth-order valence-electron chi connectivity index (χ4n) is 1.82. The molecule has 2 heteroatoms. The molecule has 0 saturated heterocycles. The number of carbonyl (C=O) groups excluding carboxylic acids is 1. The first kappa shape index (κ1) is 15.5. The Labute approximate surface area is 101 Å². The Morgan fingerprint density at radius 2 is 1.69 bits per heavy atom. The highest BCUT2D eigenvalue weighted by molar-refractivity contribution is 5.68. The lowest BCUT2D eigenvalue weighted by Gasteiger charge is -2.24. The van der Waals surface area contributed by atoms with Gasteiger partial charge >= 0.3 is 5.97 Å². The molecule has 2 nitrogen and oxygen atoms in total. The van der Waals surface area contributed by atoms with Crippen LogP contribution >= 0.6 is 0 Å². The van der Waals surface area contributed by atoms with Gasteiger partial charge in [0, 0.05) is 6.42 Å². The first-order valence-corrected chi connectivity index (χ1v) is 6.67. The number of hydrogen-bond acceptors (Lipinski definition) is 2. The number of carbonyl (C=O) groups is 1. The highest BCUT2D eigenvalue weighted by atomic mass is 16.5. The molecule has 0 atom stereocenters. The van der Waals surface area contributed by atoms with Crippen molar-refractivity contribution in [2.45, 2.75) is 72.6 Å². The number of hydrogen-bond donors (Lipinski definition) is 0. The van der Waals surface area contributed by atoms with Gasteiger partial charge in [0.05, 0.1) is 6.61 Å². The molecule has 16 heavy (non-hydrogen) atoms. The van der Waals surface area contributed by atoms with Crippen LogP contribution in [0, 0.1) is 5.41 Å². The summed E-state index contributed by atoms with van der Waals surface area (Å²) in [5.74, 6) is -0.0798. The normalized spacial score (nSPS) is 11.5. The Kier molecular flexibility index (Phi) is 8.32. The van der Waals surface area contributed by atoms with Crippen molar-refractivity contribution in [3.8, 4) is 0 Å². The molecule has 0 bridgehead atoms. The Hall–Kier alpha value is -0.530. The van der Waals surface area contributed by atoms with E-state index in [-0.39, 0.29) is 5.97 Å². The van der Waals surface area contributed by atoms with Gasteiger partial charge in [-0.15, -0.1) is 0 Å². The maximum atomic E-state index is 10.9. The summed E-state index contributed by atoms with van der Waals surface area (Å²) in [5.41, 5.74) is 0.397. The number of rotatable bonds is 9. The SMILES string of the molecule is CCCCCC(C)(C)CCCOC(=O)CC. The molecule has 0 saturated carbocycles. The predicted octanol–water partition coefficient (Wildman–Crippen LogP) is 4.33. The van der Waals surface area contributed by atoms with E-state index in [0.29, 0.717) is 18.4 Å². The largest absolute Gasteiger partial charge is 0.466 e. The van der Waals surface area contributed by atoms with Gasteiger partial charge in [0.2, 0.25) is 0 Å². The van der Waals surface area contributed by atoms with Gasteiger partial charge in [0.1, 0.15) is 0 Å². The third-order valence-electron chi connectivity index (χ3n) is 3.01. The van der Waals surface area contributed by atoms with E-state index in [0.717, 1.165) is 12.8 Å². The van der Waals surface area contributed by atoms with E-state index in [1.54, 1.807) is 0 Å². The highest BCUT2D eigenvalue weighted by Crippen LogP contribution is 2.29. The molecule has 0 radical (unpaired) electrons. The maximum absolute atomic E-state index is 10.9. The molecular formula is C14H28O2. The van der Waals surface area contributed by atoms with E-state index >= 15 is 0 Å². The summed E-state index contributed by atoms with van der Waals surface area (Å²) in [6, 6.07) is 0. The van der Waals surface area contributed by atoms with E-state index in [1.165, 1.54) is 25.7 Å². The van der Waals surface area contributed by atoms with Crippen LogP contribution in [0.4, 0.5) is 0 Å². The molecule has 96 valence electrons. The number of ether oxygens (including phenoxy) is 1. The van der Waals surface area contributed by atoms with Gasteiger partial charge in [-0.25, -0.2) is 0 Å². The first-order chi connectivity index (χ1) is 7.52. The van der Waals surface area contributed by atoms with Crippen molar-refractivity contribution in [2.75, 3.05) is 6.61 Å². The summed E-state index contributed by atoms with van der Waals surface area (Å²) >= 11 is 0. The van der Waals surface area contributed by atoms with E-state index in [4.69, 9.17) is 4.74 Å². The van der Waals surface area contributed by atoms with Gasteiger partial charge in [-0.05, 0) is 24.7 Å². The smallest absolute Gasteiger partial charge is 0.305 e. The molecule has 0 rings (SSSR count). The van der Waals surface area contributed by atoms with E-state index in [1.807, 2.05) is 6.92 Å². The van der Waals surface area contributed by atoms with E-state index in [9.17, 15) is 4.79 Å².